The predicted octanol–water partition coefficient (Wildman–Crippen LogP) is 2.33. The first-order valence-corrected chi connectivity index (χ1v) is 5.88. The summed E-state index contributed by atoms with van der Waals surface area (Å²) in [5, 5.41) is 0. The third-order valence-electron chi connectivity index (χ3n) is 3.81. The molecule has 2 atom stereocenters. The molecule has 1 saturated heterocycles. The normalized spacial score (nSPS) is 24.5. The minimum Gasteiger partial charge on any atom is -0.303 e. The van der Waals surface area contributed by atoms with E-state index in [1.54, 1.807) is 0 Å². The van der Waals surface area contributed by atoms with Gasteiger partial charge in [-0.15, -0.1) is 0 Å². The molecule has 0 aromatic rings. The summed E-state index contributed by atoms with van der Waals surface area (Å²) in [5.41, 5.74) is 0. The van der Waals surface area contributed by atoms with Gasteiger partial charge in [0.2, 0.25) is 0 Å². The van der Waals surface area contributed by atoms with Crippen molar-refractivity contribution in [3.05, 3.63) is 0 Å². The summed E-state index contributed by atoms with van der Waals surface area (Å²) in [6.45, 7) is 9.09. The van der Waals surface area contributed by atoms with Crippen LogP contribution in [0.5, 0.6) is 0 Å². The maximum absolute atomic E-state index is 10.6. The van der Waals surface area contributed by atoms with Gasteiger partial charge in [-0.05, 0) is 38.8 Å². The summed E-state index contributed by atoms with van der Waals surface area (Å²) in [7, 11) is 0. The fourth-order valence-electron chi connectivity index (χ4n) is 2.16. The number of aldehydes is 1. The summed E-state index contributed by atoms with van der Waals surface area (Å²) in [6, 6.07) is 0.674. The Morgan fingerprint density at radius 1 is 1.36 bits per heavy atom. The summed E-state index contributed by atoms with van der Waals surface area (Å²) in [4.78, 5) is 13.1. The van der Waals surface area contributed by atoms with E-state index in [4.69, 9.17) is 0 Å². The van der Waals surface area contributed by atoms with Crippen LogP contribution in [0.2, 0.25) is 0 Å². The topological polar surface area (TPSA) is 20.3 Å². The van der Waals surface area contributed by atoms with Crippen molar-refractivity contribution in [3.63, 3.8) is 0 Å². The van der Waals surface area contributed by atoms with Crippen LogP contribution in [0.1, 0.15) is 40.0 Å². The van der Waals surface area contributed by atoms with Crippen molar-refractivity contribution in [3.8, 4) is 0 Å². The Labute approximate surface area is 87.7 Å². The summed E-state index contributed by atoms with van der Waals surface area (Å²) >= 11 is 0. The van der Waals surface area contributed by atoms with E-state index in [-0.39, 0.29) is 0 Å². The summed E-state index contributed by atoms with van der Waals surface area (Å²) in [5.74, 6) is 1.10. The van der Waals surface area contributed by atoms with Crippen molar-refractivity contribution in [1.82, 2.24) is 4.90 Å². The van der Waals surface area contributed by atoms with E-state index in [0.717, 1.165) is 38.1 Å². The number of carbonyl (C=O) groups excluding carboxylic acids is 1. The zero-order valence-electron chi connectivity index (χ0n) is 9.70. The van der Waals surface area contributed by atoms with Crippen LogP contribution in [0.3, 0.4) is 0 Å². The van der Waals surface area contributed by atoms with Gasteiger partial charge in [-0.3, -0.25) is 0 Å². The maximum atomic E-state index is 10.6. The SMILES string of the molecule is CC[C@@H](C)[C@H](C)N1CCC(C=O)CC1. The largest absolute Gasteiger partial charge is 0.303 e. The van der Waals surface area contributed by atoms with Gasteiger partial charge in [-0.1, -0.05) is 20.3 Å². The van der Waals surface area contributed by atoms with E-state index in [2.05, 4.69) is 25.7 Å². The molecule has 2 heteroatoms. The van der Waals surface area contributed by atoms with E-state index in [0.29, 0.717) is 12.0 Å². The first kappa shape index (κ1) is 11.7. The van der Waals surface area contributed by atoms with Gasteiger partial charge in [0.05, 0.1) is 0 Å². The molecule has 0 unspecified atom stereocenters. The van der Waals surface area contributed by atoms with Gasteiger partial charge in [0.15, 0.2) is 0 Å². The van der Waals surface area contributed by atoms with Gasteiger partial charge < -0.3 is 9.69 Å². The molecule has 1 fully saturated rings. The molecule has 0 saturated carbocycles. The Kier molecular flexibility index (Phi) is 4.59. The van der Waals surface area contributed by atoms with E-state index in [1.165, 1.54) is 6.42 Å². The third-order valence-corrected chi connectivity index (χ3v) is 3.81. The van der Waals surface area contributed by atoms with Crippen molar-refractivity contribution in [1.29, 1.82) is 0 Å². The molecule has 0 aliphatic carbocycles. The zero-order valence-corrected chi connectivity index (χ0v) is 9.70. The number of piperidine rings is 1. The second kappa shape index (κ2) is 5.50. The van der Waals surface area contributed by atoms with Crippen LogP contribution in [0.15, 0.2) is 0 Å². The fourth-order valence-corrected chi connectivity index (χ4v) is 2.16. The van der Waals surface area contributed by atoms with E-state index in [1.807, 2.05) is 0 Å². The highest BCUT2D eigenvalue weighted by atomic mass is 16.1. The Balaban J connectivity index is 2.37. The lowest BCUT2D eigenvalue weighted by molar-refractivity contribution is -0.112. The van der Waals surface area contributed by atoms with E-state index in [9.17, 15) is 4.79 Å². The lowest BCUT2D eigenvalue weighted by Gasteiger charge is -2.37. The molecule has 0 aromatic carbocycles. The number of hydrogen-bond donors (Lipinski definition) is 0. The molecule has 0 amide bonds. The van der Waals surface area contributed by atoms with Gasteiger partial charge in [0, 0.05) is 12.0 Å². The van der Waals surface area contributed by atoms with Crippen LogP contribution in [0.4, 0.5) is 0 Å². The molecule has 0 N–H and O–H groups in total. The quantitative estimate of drug-likeness (QED) is 0.645. The highest BCUT2D eigenvalue weighted by molar-refractivity contribution is 5.53. The Morgan fingerprint density at radius 2 is 1.93 bits per heavy atom. The van der Waals surface area contributed by atoms with Gasteiger partial charge >= 0.3 is 0 Å². The molecule has 0 radical (unpaired) electrons. The first-order valence-electron chi connectivity index (χ1n) is 5.88. The number of hydrogen-bond acceptors (Lipinski definition) is 2. The molecule has 1 aliphatic heterocycles. The van der Waals surface area contributed by atoms with Crippen molar-refractivity contribution in [2.24, 2.45) is 11.8 Å². The maximum Gasteiger partial charge on any atom is 0.123 e. The monoisotopic (exact) mass is 197 g/mol. The lowest BCUT2D eigenvalue weighted by Crippen LogP contribution is -2.43. The highest BCUT2D eigenvalue weighted by Crippen LogP contribution is 2.21. The molecule has 14 heavy (non-hydrogen) atoms. The van der Waals surface area contributed by atoms with E-state index >= 15 is 0 Å². The smallest absolute Gasteiger partial charge is 0.123 e. The van der Waals surface area contributed by atoms with Crippen molar-refractivity contribution >= 4 is 6.29 Å². The average Bonchev–Trinajstić information content (AvgIpc) is 2.27. The highest BCUT2D eigenvalue weighted by Gasteiger charge is 2.24. The van der Waals surface area contributed by atoms with Gasteiger partial charge in [-0.2, -0.15) is 0 Å². The second-order valence-electron chi connectivity index (χ2n) is 4.64. The van der Waals surface area contributed by atoms with Gasteiger partial charge in [0.1, 0.15) is 6.29 Å². The molecule has 1 heterocycles. The van der Waals surface area contributed by atoms with Crippen LogP contribution < -0.4 is 0 Å². The number of rotatable bonds is 4. The average molecular weight is 197 g/mol. The molecule has 0 spiro atoms. The predicted molar refractivity (Wildman–Crippen MR) is 59.3 cm³/mol. The lowest BCUT2D eigenvalue weighted by atomic mass is 9.93. The molecule has 1 aliphatic rings. The molecular weight excluding hydrogens is 174 g/mol. The van der Waals surface area contributed by atoms with Crippen molar-refractivity contribution < 1.29 is 4.79 Å². The van der Waals surface area contributed by atoms with Crippen LogP contribution in [-0.4, -0.2) is 30.3 Å². The Hall–Kier alpha value is -0.370. The number of likely N-dealkylation sites (tertiary alicyclic amines) is 1. The molecular formula is C12H23NO. The minimum absolute atomic E-state index is 0.329. The number of carbonyl (C=O) groups is 1. The Bertz CT molecular complexity index is 173. The van der Waals surface area contributed by atoms with Crippen LogP contribution >= 0.6 is 0 Å². The third kappa shape index (κ3) is 2.81. The summed E-state index contributed by atoms with van der Waals surface area (Å²) < 4.78 is 0. The minimum atomic E-state index is 0.329. The van der Waals surface area contributed by atoms with E-state index < -0.39 is 0 Å². The molecule has 0 bridgehead atoms. The number of nitrogens with zero attached hydrogens (tertiary/aromatic N) is 1. The standard InChI is InChI=1S/C12H23NO/c1-4-10(2)11(3)13-7-5-12(9-14)6-8-13/h9-12H,4-8H2,1-3H3/t10-,11+/m1/s1. The molecule has 2 nitrogen and oxygen atoms in total. The Morgan fingerprint density at radius 3 is 2.36 bits per heavy atom. The van der Waals surface area contributed by atoms with Gasteiger partial charge in [-0.25, -0.2) is 0 Å². The van der Waals surface area contributed by atoms with Crippen molar-refractivity contribution in [2.45, 2.75) is 46.1 Å². The van der Waals surface area contributed by atoms with Crippen LogP contribution in [0, 0.1) is 11.8 Å². The van der Waals surface area contributed by atoms with Crippen LogP contribution in [-0.2, 0) is 4.79 Å². The zero-order chi connectivity index (χ0) is 10.6. The molecule has 1 rings (SSSR count). The van der Waals surface area contributed by atoms with Crippen molar-refractivity contribution in [2.75, 3.05) is 13.1 Å². The first-order chi connectivity index (χ1) is 6.69. The molecule has 0 aromatic heterocycles. The van der Waals surface area contributed by atoms with Crippen LogP contribution in [0.25, 0.3) is 0 Å². The van der Waals surface area contributed by atoms with Gasteiger partial charge in [0.25, 0.3) is 0 Å². The summed E-state index contributed by atoms with van der Waals surface area (Å²) in [6.07, 6.45) is 4.49. The molecule has 82 valence electrons. The second-order valence-corrected chi connectivity index (χ2v) is 4.64. The fraction of sp³-hybridized carbons (Fsp3) is 0.917.